The van der Waals surface area contributed by atoms with Crippen LogP contribution in [0.2, 0.25) is 0 Å². The summed E-state index contributed by atoms with van der Waals surface area (Å²) in [6, 6.07) is 13.9. The molecule has 2 N–H and O–H groups in total. The van der Waals surface area contributed by atoms with Gasteiger partial charge in [0.2, 0.25) is 5.91 Å². The minimum Gasteiger partial charge on any atom is -0.394 e. The third-order valence-electron chi connectivity index (χ3n) is 3.57. The molecule has 0 aliphatic rings. The number of benzene rings is 2. The molecule has 21 heavy (non-hydrogen) atoms. The van der Waals surface area contributed by atoms with E-state index in [1.807, 2.05) is 42.5 Å². The van der Waals surface area contributed by atoms with E-state index in [0.717, 1.165) is 22.8 Å². The number of rotatable bonds is 6. The standard InChI is InChI=1S/C18H23NO2/c1-13(2)10-16(12-20)19-18(21)11-15-8-5-7-14-6-3-4-9-17(14)15/h3-9,13,16,20H,10-12H2,1-2H3,(H,19,21). The van der Waals surface area contributed by atoms with Gasteiger partial charge in [0.05, 0.1) is 19.1 Å². The van der Waals surface area contributed by atoms with Crippen molar-refractivity contribution in [3.05, 3.63) is 48.0 Å². The van der Waals surface area contributed by atoms with Gasteiger partial charge in [-0.2, -0.15) is 0 Å². The van der Waals surface area contributed by atoms with Gasteiger partial charge in [0.1, 0.15) is 0 Å². The Labute approximate surface area is 126 Å². The van der Waals surface area contributed by atoms with E-state index >= 15 is 0 Å². The molecule has 0 bridgehead atoms. The average Bonchev–Trinajstić information content (AvgIpc) is 2.46. The first kappa shape index (κ1) is 15.5. The molecule has 2 aromatic rings. The molecule has 3 nitrogen and oxygen atoms in total. The van der Waals surface area contributed by atoms with E-state index in [0.29, 0.717) is 12.3 Å². The summed E-state index contributed by atoms with van der Waals surface area (Å²) in [5.74, 6) is 0.408. The highest BCUT2D eigenvalue weighted by Gasteiger charge is 2.14. The summed E-state index contributed by atoms with van der Waals surface area (Å²) in [7, 11) is 0. The number of aliphatic hydroxyl groups is 1. The van der Waals surface area contributed by atoms with Crippen LogP contribution in [-0.4, -0.2) is 23.7 Å². The molecule has 0 heterocycles. The largest absolute Gasteiger partial charge is 0.394 e. The lowest BCUT2D eigenvalue weighted by Gasteiger charge is -2.18. The molecule has 0 aromatic heterocycles. The first-order valence-electron chi connectivity index (χ1n) is 7.47. The summed E-state index contributed by atoms with van der Waals surface area (Å²) in [6.45, 7) is 4.15. The molecule has 112 valence electrons. The second-order valence-electron chi connectivity index (χ2n) is 5.89. The summed E-state index contributed by atoms with van der Waals surface area (Å²) in [6.07, 6.45) is 1.13. The van der Waals surface area contributed by atoms with Crippen LogP contribution in [0, 0.1) is 5.92 Å². The Hall–Kier alpha value is -1.87. The van der Waals surface area contributed by atoms with E-state index in [2.05, 4.69) is 19.2 Å². The van der Waals surface area contributed by atoms with Crippen LogP contribution in [0.5, 0.6) is 0 Å². The van der Waals surface area contributed by atoms with Gasteiger partial charge in [0.25, 0.3) is 0 Å². The zero-order chi connectivity index (χ0) is 15.2. The number of hydrogen-bond acceptors (Lipinski definition) is 2. The molecular formula is C18H23NO2. The number of aliphatic hydroxyl groups excluding tert-OH is 1. The molecule has 0 radical (unpaired) electrons. The average molecular weight is 285 g/mol. The highest BCUT2D eigenvalue weighted by atomic mass is 16.3. The molecule has 0 fully saturated rings. The maximum atomic E-state index is 12.2. The fourth-order valence-corrected chi connectivity index (χ4v) is 2.65. The number of fused-ring (bicyclic) bond motifs is 1. The van der Waals surface area contributed by atoms with Crippen molar-refractivity contribution in [3.8, 4) is 0 Å². The molecule has 1 amide bonds. The van der Waals surface area contributed by atoms with Gasteiger partial charge in [-0.1, -0.05) is 56.3 Å². The van der Waals surface area contributed by atoms with Crippen LogP contribution in [0.3, 0.4) is 0 Å². The minimum atomic E-state index is -0.160. The number of hydrogen-bond donors (Lipinski definition) is 2. The van der Waals surface area contributed by atoms with Crippen molar-refractivity contribution in [1.82, 2.24) is 5.32 Å². The predicted octanol–water partition coefficient (Wildman–Crippen LogP) is 2.91. The lowest BCUT2D eigenvalue weighted by Crippen LogP contribution is -2.39. The molecule has 2 rings (SSSR count). The molecule has 0 aliphatic carbocycles. The first-order chi connectivity index (χ1) is 10.1. The molecule has 3 heteroatoms. The van der Waals surface area contributed by atoms with Crippen LogP contribution in [0.15, 0.2) is 42.5 Å². The maximum absolute atomic E-state index is 12.2. The maximum Gasteiger partial charge on any atom is 0.224 e. The third kappa shape index (κ3) is 4.30. The van der Waals surface area contributed by atoms with Crippen LogP contribution in [0.1, 0.15) is 25.8 Å². The van der Waals surface area contributed by atoms with Crippen LogP contribution < -0.4 is 5.32 Å². The van der Waals surface area contributed by atoms with Crippen LogP contribution >= 0.6 is 0 Å². The van der Waals surface area contributed by atoms with Crippen LogP contribution in [0.25, 0.3) is 10.8 Å². The molecular weight excluding hydrogens is 262 g/mol. The van der Waals surface area contributed by atoms with Crippen molar-refractivity contribution in [2.45, 2.75) is 32.7 Å². The lowest BCUT2D eigenvalue weighted by molar-refractivity contribution is -0.121. The molecule has 0 saturated heterocycles. The SMILES string of the molecule is CC(C)CC(CO)NC(=O)Cc1cccc2ccccc12. The highest BCUT2D eigenvalue weighted by molar-refractivity contribution is 5.90. The van der Waals surface area contributed by atoms with Gasteiger partial charge in [-0.25, -0.2) is 0 Å². The fraction of sp³-hybridized carbons (Fsp3) is 0.389. The van der Waals surface area contributed by atoms with Crippen molar-refractivity contribution in [3.63, 3.8) is 0 Å². The first-order valence-corrected chi connectivity index (χ1v) is 7.47. The van der Waals surface area contributed by atoms with E-state index in [1.54, 1.807) is 0 Å². The Bertz CT molecular complexity index is 602. The number of nitrogens with one attached hydrogen (secondary N) is 1. The summed E-state index contributed by atoms with van der Waals surface area (Å²) in [5.41, 5.74) is 1.02. The number of carbonyl (C=O) groups is 1. The second kappa shape index (κ2) is 7.23. The number of carbonyl (C=O) groups excluding carboxylic acids is 1. The van der Waals surface area contributed by atoms with Gasteiger partial charge < -0.3 is 10.4 Å². The molecule has 0 saturated carbocycles. The molecule has 1 atom stereocenters. The smallest absolute Gasteiger partial charge is 0.224 e. The summed E-state index contributed by atoms with van der Waals surface area (Å²) in [4.78, 5) is 12.2. The van der Waals surface area contributed by atoms with E-state index in [1.165, 1.54) is 0 Å². The Morgan fingerprint density at radius 3 is 2.57 bits per heavy atom. The van der Waals surface area contributed by atoms with Gasteiger partial charge in [-0.3, -0.25) is 4.79 Å². The predicted molar refractivity (Wildman–Crippen MR) is 86.1 cm³/mol. The van der Waals surface area contributed by atoms with Gasteiger partial charge >= 0.3 is 0 Å². The third-order valence-corrected chi connectivity index (χ3v) is 3.57. The summed E-state index contributed by atoms with van der Waals surface area (Å²) >= 11 is 0. The second-order valence-corrected chi connectivity index (χ2v) is 5.89. The van der Waals surface area contributed by atoms with E-state index < -0.39 is 0 Å². The normalized spacial score (nSPS) is 12.6. The van der Waals surface area contributed by atoms with Crippen molar-refractivity contribution >= 4 is 16.7 Å². The van der Waals surface area contributed by atoms with Crippen molar-refractivity contribution in [2.75, 3.05) is 6.61 Å². The van der Waals surface area contributed by atoms with E-state index in [-0.39, 0.29) is 18.6 Å². The fourth-order valence-electron chi connectivity index (χ4n) is 2.65. The molecule has 1 unspecified atom stereocenters. The van der Waals surface area contributed by atoms with Gasteiger partial charge in [0.15, 0.2) is 0 Å². The summed E-state index contributed by atoms with van der Waals surface area (Å²) < 4.78 is 0. The molecule has 0 spiro atoms. The highest BCUT2D eigenvalue weighted by Crippen LogP contribution is 2.19. The molecule has 2 aromatic carbocycles. The quantitative estimate of drug-likeness (QED) is 0.857. The van der Waals surface area contributed by atoms with Gasteiger partial charge in [0, 0.05) is 0 Å². The van der Waals surface area contributed by atoms with Crippen molar-refractivity contribution < 1.29 is 9.90 Å². The monoisotopic (exact) mass is 285 g/mol. The van der Waals surface area contributed by atoms with Gasteiger partial charge in [-0.05, 0) is 28.7 Å². The lowest BCUT2D eigenvalue weighted by atomic mass is 10.0. The van der Waals surface area contributed by atoms with Crippen molar-refractivity contribution in [1.29, 1.82) is 0 Å². The van der Waals surface area contributed by atoms with Gasteiger partial charge in [-0.15, -0.1) is 0 Å². The van der Waals surface area contributed by atoms with Crippen LogP contribution in [0.4, 0.5) is 0 Å². The number of amides is 1. The Morgan fingerprint density at radius 2 is 1.86 bits per heavy atom. The zero-order valence-corrected chi connectivity index (χ0v) is 12.7. The topological polar surface area (TPSA) is 49.3 Å². The van der Waals surface area contributed by atoms with E-state index in [4.69, 9.17) is 0 Å². The Balaban J connectivity index is 2.07. The Kier molecular flexibility index (Phi) is 5.34. The zero-order valence-electron chi connectivity index (χ0n) is 12.7. The Morgan fingerprint density at radius 1 is 1.14 bits per heavy atom. The van der Waals surface area contributed by atoms with E-state index in [9.17, 15) is 9.90 Å². The van der Waals surface area contributed by atoms with Crippen molar-refractivity contribution in [2.24, 2.45) is 5.92 Å². The van der Waals surface area contributed by atoms with Crippen LogP contribution in [-0.2, 0) is 11.2 Å². The molecule has 0 aliphatic heterocycles. The summed E-state index contributed by atoms with van der Waals surface area (Å²) in [5, 5.41) is 14.5. The minimum absolute atomic E-state index is 0.0144.